The van der Waals surface area contributed by atoms with Crippen LogP contribution < -0.4 is 10.5 Å². The molecule has 2 aromatic rings. The number of phenolic OH excluding ortho intramolecular Hbond substituents is 1. The lowest BCUT2D eigenvalue weighted by Crippen LogP contribution is -1.99. The second-order valence-corrected chi connectivity index (χ2v) is 4.08. The lowest BCUT2D eigenvalue weighted by Gasteiger charge is -2.11. The van der Waals surface area contributed by atoms with Gasteiger partial charge in [0.05, 0.1) is 18.3 Å². The zero-order chi connectivity index (χ0) is 13.4. The molecule has 1 aromatic carbocycles. The van der Waals surface area contributed by atoms with Crippen molar-refractivity contribution < 1.29 is 14.2 Å². The summed E-state index contributed by atoms with van der Waals surface area (Å²) in [6.45, 7) is 0. The second kappa shape index (κ2) is 4.38. The molecule has 0 radical (unpaired) electrons. The number of aryl methyl sites for hydroxylation is 1. The normalized spacial score (nSPS) is 10.7. The van der Waals surface area contributed by atoms with E-state index < -0.39 is 11.6 Å². The highest BCUT2D eigenvalue weighted by Crippen LogP contribution is 2.42. The standard InChI is InChI=1S/C11H11ClFN3O2/c1-16-11(14)6(4-15-16)5-3-7(12)9(17)8(13)10(5)18-2/h3-4,17H,14H2,1-2H3. The van der Waals surface area contributed by atoms with Gasteiger partial charge in [-0.05, 0) is 6.07 Å². The maximum Gasteiger partial charge on any atom is 0.208 e. The molecule has 7 heteroatoms. The molecule has 5 nitrogen and oxygen atoms in total. The van der Waals surface area contributed by atoms with Gasteiger partial charge >= 0.3 is 0 Å². The average Bonchev–Trinajstić information content (AvgIpc) is 2.67. The summed E-state index contributed by atoms with van der Waals surface area (Å²) in [6, 6.07) is 1.38. The fourth-order valence-corrected chi connectivity index (χ4v) is 1.84. The van der Waals surface area contributed by atoms with Crippen molar-refractivity contribution in [2.45, 2.75) is 0 Å². The Morgan fingerprint density at radius 2 is 2.17 bits per heavy atom. The number of rotatable bonds is 2. The first-order valence-corrected chi connectivity index (χ1v) is 5.38. The number of ether oxygens (including phenoxy) is 1. The van der Waals surface area contributed by atoms with Crippen molar-refractivity contribution in [1.82, 2.24) is 9.78 Å². The third kappa shape index (κ3) is 1.74. The van der Waals surface area contributed by atoms with Crippen LogP contribution in [0.15, 0.2) is 12.3 Å². The molecule has 0 bridgehead atoms. The zero-order valence-corrected chi connectivity index (χ0v) is 10.5. The SMILES string of the molecule is COc1c(-c2cnn(C)c2N)cc(Cl)c(O)c1F. The average molecular weight is 272 g/mol. The third-order valence-corrected chi connectivity index (χ3v) is 2.92. The van der Waals surface area contributed by atoms with Crippen LogP contribution in [0, 0.1) is 5.82 Å². The van der Waals surface area contributed by atoms with Crippen LogP contribution in [0.25, 0.3) is 11.1 Å². The van der Waals surface area contributed by atoms with Crippen molar-refractivity contribution in [3.05, 3.63) is 23.1 Å². The molecule has 0 aliphatic carbocycles. The highest BCUT2D eigenvalue weighted by atomic mass is 35.5. The molecule has 1 heterocycles. The molecule has 0 fully saturated rings. The van der Waals surface area contributed by atoms with Gasteiger partial charge in [0, 0.05) is 18.2 Å². The van der Waals surface area contributed by atoms with Gasteiger partial charge in [0.15, 0.2) is 11.5 Å². The van der Waals surface area contributed by atoms with Crippen LogP contribution in [0.1, 0.15) is 0 Å². The molecule has 0 unspecified atom stereocenters. The Balaban J connectivity index is 2.75. The van der Waals surface area contributed by atoms with Gasteiger partial charge in [-0.2, -0.15) is 9.49 Å². The minimum atomic E-state index is -0.928. The highest BCUT2D eigenvalue weighted by molar-refractivity contribution is 6.32. The number of nitrogens with two attached hydrogens (primary N) is 1. The maximum absolute atomic E-state index is 13.8. The van der Waals surface area contributed by atoms with Gasteiger partial charge in [0.25, 0.3) is 0 Å². The Labute approximate surface area is 108 Å². The molecule has 0 amide bonds. The molecule has 1 aromatic heterocycles. The molecule has 3 N–H and O–H groups in total. The molecule has 0 spiro atoms. The van der Waals surface area contributed by atoms with Crippen molar-refractivity contribution in [1.29, 1.82) is 0 Å². The van der Waals surface area contributed by atoms with Crippen LogP contribution in [-0.2, 0) is 7.05 Å². The Hall–Kier alpha value is -1.95. The molecule has 0 saturated heterocycles. The lowest BCUT2D eigenvalue weighted by molar-refractivity contribution is 0.366. The molecule has 96 valence electrons. The molecule has 0 aliphatic rings. The monoisotopic (exact) mass is 271 g/mol. The zero-order valence-electron chi connectivity index (χ0n) is 9.74. The summed E-state index contributed by atoms with van der Waals surface area (Å²) >= 11 is 5.74. The van der Waals surface area contributed by atoms with Crippen LogP contribution >= 0.6 is 11.6 Å². The number of benzene rings is 1. The molecule has 2 rings (SSSR count). The van der Waals surface area contributed by atoms with E-state index in [9.17, 15) is 9.50 Å². The van der Waals surface area contributed by atoms with E-state index in [2.05, 4.69) is 5.10 Å². The van der Waals surface area contributed by atoms with Crippen molar-refractivity contribution in [3.63, 3.8) is 0 Å². The molecular formula is C11H11ClFN3O2. The highest BCUT2D eigenvalue weighted by Gasteiger charge is 2.21. The number of phenols is 1. The van der Waals surface area contributed by atoms with Crippen LogP contribution in [0.5, 0.6) is 11.5 Å². The molecule has 0 aliphatic heterocycles. The number of hydrogen-bond donors (Lipinski definition) is 2. The smallest absolute Gasteiger partial charge is 0.208 e. The van der Waals surface area contributed by atoms with E-state index in [1.165, 1.54) is 24.1 Å². The van der Waals surface area contributed by atoms with E-state index >= 15 is 0 Å². The first-order valence-electron chi connectivity index (χ1n) is 5.00. The van der Waals surface area contributed by atoms with Gasteiger partial charge in [-0.1, -0.05) is 11.6 Å². The quantitative estimate of drug-likeness (QED) is 0.878. The topological polar surface area (TPSA) is 73.3 Å². The largest absolute Gasteiger partial charge is 0.504 e. The van der Waals surface area contributed by atoms with Gasteiger partial charge in [0.1, 0.15) is 5.82 Å². The Morgan fingerprint density at radius 1 is 1.50 bits per heavy atom. The summed E-state index contributed by atoms with van der Waals surface area (Å²) < 4.78 is 20.2. The summed E-state index contributed by atoms with van der Waals surface area (Å²) in [4.78, 5) is 0. The Morgan fingerprint density at radius 3 is 2.67 bits per heavy atom. The number of aromatic hydroxyl groups is 1. The van der Waals surface area contributed by atoms with Crippen LogP contribution in [0.3, 0.4) is 0 Å². The first-order chi connectivity index (χ1) is 8.47. The minimum Gasteiger partial charge on any atom is -0.504 e. The number of hydrogen-bond acceptors (Lipinski definition) is 4. The fourth-order valence-electron chi connectivity index (χ4n) is 1.65. The predicted molar refractivity (Wildman–Crippen MR) is 66.2 cm³/mol. The molecular weight excluding hydrogens is 261 g/mol. The van der Waals surface area contributed by atoms with Gasteiger partial charge in [-0.15, -0.1) is 0 Å². The number of anilines is 1. The molecule has 0 saturated carbocycles. The van der Waals surface area contributed by atoms with Crippen LogP contribution in [-0.4, -0.2) is 22.0 Å². The van der Waals surface area contributed by atoms with E-state index in [1.54, 1.807) is 7.05 Å². The van der Waals surface area contributed by atoms with E-state index in [4.69, 9.17) is 22.1 Å². The summed E-state index contributed by atoms with van der Waals surface area (Å²) in [5.74, 6) is -1.37. The Bertz CT molecular complexity index is 613. The summed E-state index contributed by atoms with van der Waals surface area (Å²) in [7, 11) is 2.95. The van der Waals surface area contributed by atoms with Gasteiger partial charge in [-0.3, -0.25) is 4.68 Å². The lowest BCUT2D eigenvalue weighted by atomic mass is 10.1. The fraction of sp³-hybridized carbons (Fsp3) is 0.182. The first kappa shape index (κ1) is 12.5. The van der Waals surface area contributed by atoms with Crippen LogP contribution in [0.4, 0.5) is 10.2 Å². The van der Waals surface area contributed by atoms with Crippen LogP contribution in [0.2, 0.25) is 5.02 Å². The number of halogens is 2. The van der Waals surface area contributed by atoms with Crippen molar-refractivity contribution in [2.75, 3.05) is 12.8 Å². The molecule has 0 atom stereocenters. The van der Waals surface area contributed by atoms with Gasteiger partial charge in [-0.25, -0.2) is 0 Å². The second-order valence-electron chi connectivity index (χ2n) is 3.67. The van der Waals surface area contributed by atoms with Gasteiger partial charge in [0.2, 0.25) is 5.82 Å². The number of nitrogen functional groups attached to an aromatic ring is 1. The van der Waals surface area contributed by atoms with Crippen molar-refractivity contribution in [3.8, 4) is 22.6 Å². The van der Waals surface area contributed by atoms with Gasteiger partial charge < -0.3 is 15.6 Å². The Kier molecular flexibility index (Phi) is 3.04. The minimum absolute atomic E-state index is 0.119. The summed E-state index contributed by atoms with van der Waals surface area (Å²) in [6.07, 6.45) is 1.47. The molecule has 18 heavy (non-hydrogen) atoms. The number of nitrogens with zero attached hydrogens (tertiary/aromatic N) is 2. The number of methoxy groups -OCH3 is 1. The maximum atomic E-state index is 13.8. The van der Waals surface area contributed by atoms with E-state index in [0.29, 0.717) is 16.9 Å². The van der Waals surface area contributed by atoms with E-state index in [-0.39, 0.29) is 10.8 Å². The summed E-state index contributed by atoms with van der Waals surface area (Å²) in [5.41, 5.74) is 6.63. The predicted octanol–water partition coefficient (Wildman–Crippen LogP) is 2.18. The third-order valence-electron chi connectivity index (χ3n) is 2.63. The van der Waals surface area contributed by atoms with Crippen molar-refractivity contribution in [2.24, 2.45) is 7.05 Å². The summed E-state index contributed by atoms with van der Waals surface area (Å²) in [5, 5.41) is 13.3. The number of aromatic nitrogens is 2. The van der Waals surface area contributed by atoms with E-state index in [0.717, 1.165) is 0 Å². The van der Waals surface area contributed by atoms with E-state index in [1.807, 2.05) is 0 Å². The van der Waals surface area contributed by atoms with Crippen molar-refractivity contribution >= 4 is 17.4 Å².